The zero-order valence-electron chi connectivity index (χ0n) is 27.3. The fourth-order valence-electron chi connectivity index (χ4n) is 5.88. The number of hydrogen-bond acceptors (Lipinski definition) is 10. The van der Waals surface area contributed by atoms with E-state index in [1.807, 2.05) is 44.2 Å². The largest absolute Gasteiger partial charge is 0.497 e. The van der Waals surface area contributed by atoms with Gasteiger partial charge >= 0.3 is 6.09 Å². The second-order valence-corrected chi connectivity index (χ2v) is 16.7. The van der Waals surface area contributed by atoms with Gasteiger partial charge in [-0.15, -0.1) is 0 Å². The topological polar surface area (TPSA) is 170 Å². The minimum atomic E-state index is -4.14. The van der Waals surface area contributed by atoms with Crippen molar-refractivity contribution in [1.29, 1.82) is 0 Å². The summed E-state index contributed by atoms with van der Waals surface area (Å²) in [6.45, 7) is 4.40. The number of ether oxygens (including phenoxy) is 4. The van der Waals surface area contributed by atoms with Gasteiger partial charge in [0.2, 0.25) is 20.0 Å². The third-order valence-corrected chi connectivity index (χ3v) is 11.0. The first kappa shape index (κ1) is 37.0. The van der Waals surface area contributed by atoms with Crippen LogP contribution in [0.3, 0.4) is 0 Å². The van der Waals surface area contributed by atoms with Crippen LogP contribution in [0.25, 0.3) is 0 Å². The lowest BCUT2D eigenvalue weighted by atomic mass is 9.87. The van der Waals surface area contributed by atoms with E-state index in [2.05, 4.69) is 10.0 Å². The van der Waals surface area contributed by atoms with Crippen molar-refractivity contribution in [3.63, 3.8) is 0 Å². The lowest BCUT2D eigenvalue weighted by Crippen LogP contribution is -2.52. The molecule has 2 aromatic rings. The van der Waals surface area contributed by atoms with Crippen LogP contribution in [0.2, 0.25) is 0 Å². The summed E-state index contributed by atoms with van der Waals surface area (Å²) in [5.41, 5.74) is 0.218. The van der Waals surface area contributed by atoms with Gasteiger partial charge in [0.05, 0.1) is 49.5 Å². The summed E-state index contributed by atoms with van der Waals surface area (Å²) in [6, 6.07) is 14.3. The number of fused-ring (bicyclic) bond motifs is 1. The summed E-state index contributed by atoms with van der Waals surface area (Å²) >= 11 is 0. The Balaban J connectivity index is 1.55. The molecule has 4 rings (SSSR count). The van der Waals surface area contributed by atoms with Crippen molar-refractivity contribution in [3.8, 4) is 5.75 Å². The van der Waals surface area contributed by atoms with Crippen LogP contribution in [-0.2, 0) is 40.7 Å². The van der Waals surface area contributed by atoms with Gasteiger partial charge in [-0.1, -0.05) is 44.2 Å². The van der Waals surface area contributed by atoms with E-state index in [-0.39, 0.29) is 43.5 Å². The van der Waals surface area contributed by atoms with Gasteiger partial charge in [-0.25, -0.2) is 26.4 Å². The number of nitrogens with zero attached hydrogens (tertiary/aromatic N) is 1. The first-order chi connectivity index (χ1) is 22.2. The number of rotatable bonds is 17. The molecule has 2 aromatic carbocycles. The molecular weight excluding hydrogens is 650 g/mol. The maximum Gasteiger partial charge on any atom is 0.407 e. The standard InChI is InChI=1S/C32H47N3O10S2/c1-32(2,16-8-17-33-46(4,38)39)22-35(47(40,41)25-13-11-24(42-3)12-14-25)20-28(36)27(19-23-9-6-5-7-10-23)34-31(37)45-29-21-44-30-26(29)15-18-43-30/h5-7,9-14,26-30,33,36H,8,15-22H2,1-4H3,(H,34,37)/t26-,27-,28+,29-,30+/m0/s1. The zero-order chi connectivity index (χ0) is 34.2. The van der Waals surface area contributed by atoms with Crippen LogP contribution >= 0.6 is 0 Å². The monoisotopic (exact) mass is 697 g/mol. The van der Waals surface area contributed by atoms with Gasteiger partial charge < -0.3 is 29.4 Å². The third kappa shape index (κ3) is 10.9. The van der Waals surface area contributed by atoms with Crippen molar-refractivity contribution in [2.45, 2.75) is 69.0 Å². The Morgan fingerprint density at radius 1 is 1.09 bits per heavy atom. The quantitative estimate of drug-likeness (QED) is 0.209. The summed E-state index contributed by atoms with van der Waals surface area (Å²) in [5.74, 6) is 0.418. The molecular formula is C32H47N3O10S2. The molecule has 2 aliphatic rings. The lowest BCUT2D eigenvalue weighted by Gasteiger charge is -2.35. The Bertz CT molecular complexity index is 1520. The molecule has 0 radical (unpaired) electrons. The van der Waals surface area contributed by atoms with Gasteiger partial charge in [0, 0.05) is 19.6 Å². The van der Waals surface area contributed by atoms with E-state index in [4.69, 9.17) is 18.9 Å². The average Bonchev–Trinajstić information content (AvgIpc) is 3.64. The molecule has 0 aliphatic carbocycles. The minimum absolute atomic E-state index is 0.0154. The molecule has 0 spiro atoms. The Hall–Kier alpha value is -2.79. The SMILES string of the molecule is COc1ccc(S(=O)(=O)N(C[C@@H](O)[C@H](Cc2ccccc2)NC(=O)O[C@H]2CO[C@H]3OCC[C@H]32)CC(C)(C)CCCNS(C)(=O)=O)cc1. The van der Waals surface area contributed by atoms with E-state index in [0.717, 1.165) is 11.8 Å². The number of aliphatic hydroxyl groups is 1. The van der Waals surface area contributed by atoms with Crippen LogP contribution < -0.4 is 14.8 Å². The summed E-state index contributed by atoms with van der Waals surface area (Å²) in [4.78, 5) is 13.2. The van der Waals surface area contributed by atoms with Gasteiger partial charge in [0.15, 0.2) is 6.29 Å². The molecule has 0 saturated carbocycles. The number of hydrogen-bond donors (Lipinski definition) is 3. The molecule has 0 bridgehead atoms. The van der Waals surface area contributed by atoms with E-state index in [1.165, 1.54) is 23.5 Å². The van der Waals surface area contributed by atoms with E-state index in [9.17, 15) is 26.7 Å². The summed E-state index contributed by atoms with van der Waals surface area (Å²) < 4.78 is 76.9. The Morgan fingerprint density at radius 2 is 1.79 bits per heavy atom. The molecule has 13 nitrogen and oxygen atoms in total. The fourth-order valence-corrected chi connectivity index (χ4v) is 8.04. The second kappa shape index (κ2) is 16.1. The predicted octanol–water partition coefficient (Wildman–Crippen LogP) is 2.50. The number of amides is 1. The van der Waals surface area contributed by atoms with Crippen LogP contribution in [0.5, 0.6) is 5.75 Å². The maximum absolute atomic E-state index is 14.1. The summed E-state index contributed by atoms with van der Waals surface area (Å²) in [7, 11) is -6.02. The molecule has 2 saturated heterocycles. The van der Waals surface area contributed by atoms with E-state index in [0.29, 0.717) is 31.6 Å². The highest BCUT2D eigenvalue weighted by Crippen LogP contribution is 2.33. The number of carbonyl (C=O) groups is 1. The predicted molar refractivity (Wildman–Crippen MR) is 175 cm³/mol. The van der Waals surface area contributed by atoms with E-state index in [1.54, 1.807) is 12.1 Å². The maximum atomic E-state index is 14.1. The number of carbonyl (C=O) groups excluding carboxylic acids is 1. The van der Waals surface area contributed by atoms with Crippen LogP contribution in [0, 0.1) is 11.3 Å². The molecule has 2 aliphatic heterocycles. The highest BCUT2D eigenvalue weighted by Gasteiger charge is 2.44. The molecule has 3 N–H and O–H groups in total. The van der Waals surface area contributed by atoms with Crippen molar-refractivity contribution in [2.75, 3.05) is 46.2 Å². The zero-order valence-corrected chi connectivity index (χ0v) is 29.0. The third-order valence-electron chi connectivity index (χ3n) is 8.40. The summed E-state index contributed by atoms with van der Waals surface area (Å²) in [6.07, 6.45) is -0.00624. The van der Waals surface area contributed by atoms with Crippen LogP contribution in [0.15, 0.2) is 59.5 Å². The van der Waals surface area contributed by atoms with Gasteiger partial charge in [-0.3, -0.25) is 0 Å². The van der Waals surface area contributed by atoms with Crippen molar-refractivity contribution in [3.05, 3.63) is 60.2 Å². The molecule has 262 valence electrons. The molecule has 5 atom stereocenters. The fraction of sp³-hybridized carbons (Fsp3) is 0.594. The number of sulfonamides is 2. The second-order valence-electron chi connectivity index (χ2n) is 12.9. The Labute approximate surface area is 278 Å². The van der Waals surface area contributed by atoms with Crippen molar-refractivity contribution >= 4 is 26.1 Å². The number of aliphatic hydroxyl groups excluding tert-OH is 1. The molecule has 1 amide bonds. The van der Waals surface area contributed by atoms with Crippen LogP contribution in [0.1, 0.15) is 38.7 Å². The van der Waals surface area contributed by atoms with Crippen LogP contribution in [-0.4, -0.2) is 103 Å². The normalized spacial score (nSPS) is 21.3. The van der Waals surface area contributed by atoms with Gasteiger partial charge in [0.25, 0.3) is 0 Å². The molecule has 0 unspecified atom stereocenters. The van der Waals surface area contributed by atoms with E-state index >= 15 is 0 Å². The van der Waals surface area contributed by atoms with Gasteiger partial charge in [0.1, 0.15) is 11.9 Å². The summed E-state index contributed by atoms with van der Waals surface area (Å²) in [5, 5.41) is 14.5. The highest BCUT2D eigenvalue weighted by atomic mass is 32.2. The number of methoxy groups -OCH3 is 1. The first-order valence-electron chi connectivity index (χ1n) is 15.7. The van der Waals surface area contributed by atoms with Crippen molar-refractivity contribution < 1.29 is 45.7 Å². The average molecular weight is 698 g/mol. The number of benzene rings is 2. The lowest BCUT2D eigenvalue weighted by molar-refractivity contribution is -0.0907. The number of nitrogens with one attached hydrogen (secondary N) is 2. The minimum Gasteiger partial charge on any atom is -0.497 e. The molecule has 2 fully saturated rings. The molecule has 15 heteroatoms. The molecule has 47 heavy (non-hydrogen) atoms. The number of alkyl carbamates (subject to hydrolysis) is 1. The van der Waals surface area contributed by atoms with Crippen molar-refractivity contribution in [2.24, 2.45) is 11.3 Å². The highest BCUT2D eigenvalue weighted by molar-refractivity contribution is 7.89. The van der Waals surface area contributed by atoms with E-state index < -0.39 is 56.1 Å². The smallest absolute Gasteiger partial charge is 0.407 e. The first-order valence-corrected chi connectivity index (χ1v) is 19.0. The van der Waals surface area contributed by atoms with Crippen molar-refractivity contribution in [1.82, 2.24) is 14.3 Å². The Kier molecular flexibility index (Phi) is 12.7. The van der Waals surface area contributed by atoms with Gasteiger partial charge in [-0.05, 0) is 60.9 Å². The van der Waals surface area contributed by atoms with Gasteiger partial charge in [-0.2, -0.15) is 4.31 Å². The van der Waals surface area contributed by atoms with Crippen LogP contribution in [0.4, 0.5) is 4.79 Å². The Morgan fingerprint density at radius 3 is 2.45 bits per heavy atom. The molecule has 2 heterocycles. The molecule has 0 aromatic heterocycles.